The zero-order valence-electron chi connectivity index (χ0n) is 12.0. The average Bonchev–Trinajstić information content (AvgIpc) is 2.25. The fourth-order valence-electron chi connectivity index (χ4n) is 1.43. The molecule has 0 fully saturated rings. The maximum atomic E-state index is 11.7. The summed E-state index contributed by atoms with van der Waals surface area (Å²) in [4.78, 5) is 23.3. The largest absolute Gasteiger partial charge is 0.464 e. The first kappa shape index (κ1) is 16.7. The Bertz CT molecular complexity index is 295. The molecule has 18 heavy (non-hydrogen) atoms. The Hall–Kier alpha value is -1.32. The van der Waals surface area contributed by atoms with Crippen molar-refractivity contribution in [2.75, 3.05) is 6.61 Å². The van der Waals surface area contributed by atoms with E-state index in [4.69, 9.17) is 4.74 Å². The number of hydrogen-bond acceptors (Lipinski definition) is 3. The van der Waals surface area contributed by atoms with Crippen molar-refractivity contribution in [3.63, 3.8) is 0 Å². The zero-order valence-corrected chi connectivity index (χ0v) is 12.0. The van der Waals surface area contributed by atoms with Crippen LogP contribution in [0.5, 0.6) is 0 Å². The lowest BCUT2D eigenvalue weighted by atomic mass is 10.0. The average molecular weight is 255 g/mol. The Morgan fingerprint density at radius 1 is 1.22 bits per heavy atom. The summed E-state index contributed by atoms with van der Waals surface area (Å²) in [6.07, 6.45) is 3.85. The zero-order chi connectivity index (χ0) is 14.1. The molecule has 0 unspecified atom stereocenters. The number of esters is 1. The molecule has 0 aliphatic carbocycles. The minimum Gasteiger partial charge on any atom is -0.464 e. The highest BCUT2D eigenvalue weighted by Gasteiger charge is 2.22. The molecule has 104 valence electrons. The van der Waals surface area contributed by atoms with E-state index >= 15 is 0 Å². The second kappa shape index (κ2) is 8.72. The highest BCUT2D eigenvalue weighted by Crippen LogP contribution is 2.06. The van der Waals surface area contributed by atoms with Gasteiger partial charge in [0, 0.05) is 0 Å². The van der Waals surface area contributed by atoms with Gasteiger partial charge in [0.05, 0.1) is 6.61 Å². The Kier molecular flexibility index (Phi) is 8.08. The van der Waals surface area contributed by atoms with Crippen molar-refractivity contribution in [2.45, 2.75) is 47.1 Å². The molecule has 0 aromatic rings. The van der Waals surface area contributed by atoms with Crippen LogP contribution in [0.1, 0.15) is 41.0 Å². The van der Waals surface area contributed by atoms with Gasteiger partial charge in [0.15, 0.2) is 0 Å². The summed E-state index contributed by atoms with van der Waals surface area (Å²) in [6, 6.07) is -0.561. The van der Waals surface area contributed by atoms with E-state index in [0.29, 0.717) is 24.9 Å². The molecule has 0 aliphatic rings. The molecule has 0 rings (SSSR count). The van der Waals surface area contributed by atoms with E-state index in [1.165, 1.54) is 6.08 Å². The summed E-state index contributed by atoms with van der Waals surface area (Å²) in [6.45, 7) is 10.1. The molecule has 0 bridgehead atoms. The number of amides is 1. The number of nitrogens with one attached hydrogen (secondary N) is 1. The van der Waals surface area contributed by atoms with Gasteiger partial charge < -0.3 is 10.1 Å². The Labute approximate surface area is 110 Å². The molecule has 0 saturated carbocycles. The molecule has 0 aliphatic heterocycles. The fraction of sp³-hybridized carbons (Fsp3) is 0.714. The van der Waals surface area contributed by atoms with Crippen molar-refractivity contribution in [1.29, 1.82) is 0 Å². The van der Waals surface area contributed by atoms with E-state index in [-0.39, 0.29) is 11.9 Å². The molecule has 4 heteroatoms. The van der Waals surface area contributed by atoms with E-state index in [0.717, 1.165) is 0 Å². The predicted molar refractivity (Wildman–Crippen MR) is 72.0 cm³/mol. The van der Waals surface area contributed by atoms with Crippen molar-refractivity contribution in [3.05, 3.63) is 12.2 Å². The van der Waals surface area contributed by atoms with E-state index in [2.05, 4.69) is 5.32 Å². The molecule has 1 amide bonds. The molecule has 0 aromatic heterocycles. The van der Waals surface area contributed by atoms with E-state index in [1.807, 2.05) is 27.7 Å². The minimum atomic E-state index is -0.561. The lowest BCUT2D eigenvalue weighted by Gasteiger charge is -2.18. The first-order valence-electron chi connectivity index (χ1n) is 6.52. The monoisotopic (exact) mass is 255 g/mol. The molecule has 1 N–H and O–H groups in total. The summed E-state index contributed by atoms with van der Waals surface area (Å²) in [5, 5.41) is 2.69. The maximum absolute atomic E-state index is 11.7. The van der Waals surface area contributed by atoms with Gasteiger partial charge in [0.2, 0.25) is 5.91 Å². The second-order valence-corrected chi connectivity index (χ2v) is 5.05. The van der Waals surface area contributed by atoms with Gasteiger partial charge in [-0.1, -0.05) is 33.8 Å². The van der Waals surface area contributed by atoms with Crippen LogP contribution in [0.4, 0.5) is 0 Å². The van der Waals surface area contributed by atoms with Crippen LogP contribution in [0.15, 0.2) is 12.2 Å². The SMILES string of the molecule is CCOC(=O)[C@H](CC(C)C)NC(=O)/C=C/C(C)C. The Morgan fingerprint density at radius 2 is 1.83 bits per heavy atom. The minimum absolute atomic E-state index is 0.248. The van der Waals surface area contributed by atoms with Crippen LogP contribution in [0.25, 0.3) is 0 Å². The van der Waals surface area contributed by atoms with Gasteiger partial charge in [-0.05, 0) is 31.3 Å². The van der Waals surface area contributed by atoms with Crippen LogP contribution in [-0.2, 0) is 14.3 Å². The van der Waals surface area contributed by atoms with Crippen molar-refractivity contribution in [1.82, 2.24) is 5.32 Å². The molecule has 0 heterocycles. The molecule has 4 nitrogen and oxygen atoms in total. The van der Waals surface area contributed by atoms with Crippen molar-refractivity contribution < 1.29 is 14.3 Å². The predicted octanol–water partition coefficient (Wildman–Crippen LogP) is 2.29. The number of carbonyl (C=O) groups is 2. The van der Waals surface area contributed by atoms with Crippen LogP contribution in [0.3, 0.4) is 0 Å². The molecule has 1 atom stereocenters. The summed E-state index contributed by atoms with van der Waals surface area (Å²) >= 11 is 0. The molecule has 0 saturated heterocycles. The lowest BCUT2D eigenvalue weighted by Crippen LogP contribution is -2.42. The van der Waals surface area contributed by atoms with Crippen LogP contribution >= 0.6 is 0 Å². The van der Waals surface area contributed by atoms with Gasteiger partial charge in [-0.3, -0.25) is 4.79 Å². The molecule has 0 radical (unpaired) electrons. The second-order valence-electron chi connectivity index (χ2n) is 5.05. The van der Waals surface area contributed by atoms with Crippen molar-refractivity contribution in [3.8, 4) is 0 Å². The van der Waals surface area contributed by atoms with Gasteiger partial charge in [0.25, 0.3) is 0 Å². The third kappa shape index (κ3) is 7.87. The molecular weight excluding hydrogens is 230 g/mol. The lowest BCUT2D eigenvalue weighted by molar-refractivity contribution is -0.147. The van der Waals surface area contributed by atoms with Gasteiger partial charge >= 0.3 is 5.97 Å². The quantitative estimate of drug-likeness (QED) is 0.561. The molecule has 0 spiro atoms. The smallest absolute Gasteiger partial charge is 0.328 e. The van der Waals surface area contributed by atoms with Crippen molar-refractivity contribution in [2.24, 2.45) is 11.8 Å². The number of hydrogen-bond donors (Lipinski definition) is 1. The first-order valence-corrected chi connectivity index (χ1v) is 6.52. The number of rotatable bonds is 7. The molecular formula is C14H25NO3. The maximum Gasteiger partial charge on any atom is 0.328 e. The van der Waals surface area contributed by atoms with E-state index in [1.54, 1.807) is 13.0 Å². The summed E-state index contributed by atoms with van der Waals surface area (Å²) < 4.78 is 4.95. The van der Waals surface area contributed by atoms with Gasteiger partial charge in [0.1, 0.15) is 6.04 Å². The number of carbonyl (C=O) groups excluding carboxylic acids is 2. The first-order chi connectivity index (χ1) is 8.36. The topological polar surface area (TPSA) is 55.4 Å². The Morgan fingerprint density at radius 3 is 2.28 bits per heavy atom. The van der Waals surface area contributed by atoms with Crippen LogP contribution in [-0.4, -0.2) is 24.5 Å². The van der Waals surface area contributed by atoms with E-state index in [9.17, 15) is 9.59 Å². The highest BCUT2D eigenvalue weighted by atomic mass is 16.5. The summed E-state index contributed by atoms with van der Waals surface area (Å²) in [5.41, 5.74) is 0. The summed E-state index contributed by atoms with van der Waals surface area (Å²) in [5.74, 6) is 0.00979. The number of ether oxygens (including phenoxy) is 1. The number of allylic oxidation sites excluding steroid dienone is 1. The van der Waals surface area contributed by atoms with Gasteiger partial charge in [-0.2, -0.15) is 0 Å². The third-order valence-corrected chi connectivity index (χ3v) is 2.23. The van der Waals surface area contributed by atoms with Gasteiger partial charge in [-0.25, -0.2) is 4.79 Å². The molecule has 0 aromatic carbocycles. The third-order valence-electron chi connectivity index (χ3n) is 2.23. The van der Waals surface area contributed by atoms with Crippen LogP contribution in [0.2, 0.25) is 0 Å². The summed E-state index contributed by atoms with van der Waals surface area (Å²) in [7, 11) is 0. The fourth-order valence-corrected chi connectivity index (χ4v) is 1.43. The van der Waals surface area contributed by atoms with Crippen LogP contribution < -0.4 is 5.32 Å². The standard InChI is InChI=1S/C14H25NO3/c1-6-18-14(17)12(9-11(4)5)15-13(16)8-7-10(2)3/h7-8,10-12H,6,9H2,1-5H3,(H,15,16)/b8-7+/t12-/m0/s1. The van der Waals surface area contributed by atoms with E-state index < -0.39 is 6.04 Å². The Balaban J connectivity index is 4.48. The van der Waals surface area contributed by atoms with Crippen molar-refractivity contribution >= 4 is 11.9 Å². The van der Waals surface area contributed by atoms with Gasteiger partial charge in [-0.15, -0.1) is 0 Å². The highest BCUT2D eigenvalue weighted by molar-refractivity contribution is 5.91. The van der Waals surface area contributed by atoms with Crippen LogP contribution in [0, 0.1) is 11.8 Å². The normalized spacial score (nSPS) is 13.1.